The predicted octanol–water partition coefficient (Wildman–Crippen LogP) is 3.60. The van der Waals surface area contributed by atoms with E-state index < -0.39 is 0 Å². The third-order valence-electron chi connectivity index (χ3n) is 2.76. The van der Waals surface area contributed by atoms with E-state index in [2.05, 4.69) is 16.4 Å². The van der Waals surface area contributed by atoms with Gasteiger partial charge in [-0.2, -0.15) is 0 Å². The molecular formula is C15H16Cl2N2O. The summed E-state index contributed by atoms with van der Waals surface area (Å²) in [6.07, 6.45) is 4.60. The lowest BCUT2D eigenvalue weighted by atomic mass is 10.2. The summed E-state index contributed by atoms with van der Waals surface area (Å²) in [4.78, 5) is 4.08. The first kappa shape index (κ1) is 15.1. The van der Waals surface area contributed by atoms with Crippen LogP contribution in [0.1, 0.15) is 5.56 Å². The molecule has 0 saturated carbocycles. The van der Waals surface area contributed by atoms with E-state index in [1.165, 1.54) is 5.56 Å². The Morgan fingerprint density at radius 3 is 2.55 bits per heavy atom. The number of nitrogens with zero attached hydrogens (tertiary/aromatic N) is 1. The van der Waals surface area contributed by atoms with Gasteiger partial charge in [0.15, 0.2) is 5.75 Å². The van der Waals surface area contributed by atoms with E-state index in [1.807, 2.05) is 12.3 Å². The van der Waals surface area contributed by atoms with E-state index in [-0.39, 0.29) is 0 Å². The Labute approximate surface area is 128 Å². The third-order valence-corrected chi connectivity index (χ3v) is 3.35. The SMILES string of the molecule is Clc1cccc(Cl)c1OCCNCCc1cccnc1. The second kappa shape index (κ2) is 8.10. The molecule has 0 atom stereocenters. The molecule has 3 nitrogen and oxygen atoms in total. The minimum Gasteiger partial charge on any atom is -0.489 e. The highest BCUT2D eigenvalue weighted by molar-refractivity contribution is 6.37. The Kier molecular flexibility index (Phi) is 6.12. The molecule has 2 rings (SSSR count). The van der Waals surface area contributed by atoms with Crippen LogP contribution in [0.15, 0.2) is 42.7 Å². The first-order chi connectivity index (χ1) is 9.77. The van der Waals surface area contributed by atoms with Gasteiger partial charge >= 0.3 is 0 Å². The van der Waals surface area contributed by atoms with Gasteiger partial charge in [0.05, 0.1) is 10.0 Å². The Morgan fingerprint density at radius 1 is 1.05 bits per heavy atom. The summed E-state index contributed by atoms with van der Waals surface area (Å²) in [7, 11) is 0. The van der Waals surface area contributed by atoms with E-state index in [9.17, 15) is 0 Å². The number of ether oxygens (including phenoxy) is 1. The van der Waals surface area contributed by atoms with Crippen LogP contribution >= 0.6 is 23.2 Å². The fourth-order valence-electron chi connectivity index (χ4n) is 1.75. The maximum atomic E-state index is 6.01. The molecule has 0 bridgehead atoms. The van der Waals surface area contributed by atoms with Crippen LogP contribution in [0.4, 0.5) is 0 Å². The largest absolute Gasteiger partial charge is 0.489 e. The Morgan fingerprint density at radius 2 is 1.85 bits per heavy atom. The maximum Gasteiger partial charge on any atom is 0.156 e. The van der Waals surface area contributed by atoms with Crippen molar-refractivity contribution in [2.24, 2.45) is 0 Å². The summed E-state index contributed by atoms with van der Waals surface area (Å²) in [6.45, 7) is 2.14. The van der Waals surface area contributed by atoms with E-state index in [1.54, 1.807) is 24.4 Å². The Balaban J connectivity index is 1.65. The van der Waals surface area contributed by atoms with Crippen LogP contribution in [0.3, 0.4) is 0 Å². The molecule has 20 heavy (non-hydrogen) atoms. The topological polar surface area (TPSA) is 34.1 Å². The quantitative estimate of drug-likeness (QED) is 0.793. The van der Waals surface area contributed by atoms with E-state index >= 15 is 0 Å². The lowest BCUT2D eigenvalue weighted by Gasteiger charge is -2.10. The van der Waals surface area contributed by atoms with Crippen molar-refractivity contribution < 1.29 is 4.74 Å². The van der Waals surface area contributed by atoms with Crippen molar-refractivity contribution in [2.75, 3.05) is 19.7 Å². The van der Waals surface area contributed by atoms with E-state index in [4.69, 9.17) is 27.9 Å². The van der Waals surface area contributed by atoms with Gasteiger partial charge in [-0.15, -0.1) is 0 Å². The van der Waals surface area contributed by atoms with E-state index in [0.717, 1.165) is 19.5 Å². The molecule has 1 aromatic carbocycles. The molecule has 0 spiro atoms. The molecule has 1 aromatic heterocycles. The zero-order valence-corrected chi connectivity index (χ0v) is 12.5. The molecule has 0 radical (unpaired) electrons. The van der Waals surface area contributed by atoms with Gasteiger partial charge in [0.25, 0.3) is 0 Å². The van der Waals surface area contributed by atoms with Crippen LogP contribution in [0.2, 0.25) is 10.0 Å². The fraction of sp³-hybridized carbons (Fsp3) is 0.267. The second-order valence-electron chi connectivity index (χ2n) is 4.26. The van der Waals surface area contributed by atoms with Crippen molar-refractivity contribution in [1.29, 1.82) is 0 Å². The number of halogens is 2. The number of rotatable bonds is 7. The molecule has 0 unspecified atom stereocenters. The molecule has 5 heteroatoms. The Hall–Kier alpha value is -1.29. The van der Waals surface area contributed by atoms with Crippen molar-refractivity contribution >= 4 is 23.2 Å². The molecule has 0 aliphatic heterocycles. The predicted molar refractivity (Wildman–Crippen MR) is 82.8 cm³/mol. The number of nitrogens with one attached hydrogen (secondary N) is 1. The summed E-state index contributed by atoms with van der Waals surface area (Å²) < 4.78 is 5.58. The molecule has 0 amide bonds. The highest BCUT2D eigenvalue weighted by atomic mass is 35.5. The van der Waals surface area contributed by atoms with Crippen LogP contribution in [-0.4, -0.2) is 24.7 Å². The molecule has 1 N–H and O–H groups in total. The zero-order valence-electron chi connectivity index (χ0n) is 11.0. The molecule has 106 valence electrons. The Bertz CT molecular complexity index is 514. The molecular weight excluding hydrogens is 295 g/mol. The monoisotopic (exact) mass is 310 g/mol. The van der Waals surface area contributed by atoms with Crippen molar-refractivity contribution in [3.05, 3.63) is 58.3 Å². The highest BCUT2D eigenvalue weighted by Gasteiger charge is 2.05. The van der Waals surface area contributed by atoms with Crippen molar-refractivity contribution in [1.82, 2.24) is 10.3 Å². The van der Waals surface area contributed by atoms with Crippen molar-refractivity contribution in [3.63, 3.8) is 0 Å². The van der Waals surface area contributed by atoms with Gasteiger partial charge in [0.2, 0.25) is 0 Å². The molecule has 0 aliphatic rings. The number of para-hydroxylation sites is 1. The molecule has 0 fully saturated rings. The number of pyridine rings is 1. The van der Waals surface area contributed by atoms with Crippen molar-refractivity contribution in [3.8, 4) is 5.75 Å². The van der Waals surface area contributed by atoms with Crippen LogP contribution in [0.25, 0.3) is 0 Å². The van der Waals surface area contributed by atoms with E-state index in [0.29, 0.717) is 22.4 Å². The first-order valence-electron chi connectivity index (χ1n) is 6.44. The molecule has 0 aliphatic carbocycles. The zero-order chi connectivity index (χ0) is 14.2. The van der Waals surface area contributed by atoms with Crippen LogP contribution in [-0.2, 0) is 6.42 Å². The normalized spacial score (nSPS) is 10.5. The molecule has 2 aromatic rings. The molecule has 1 heterocycles. The number of aromatic nitrogens is 1. The number of hydrogen-bond donors (Lipinski definition) is 1. The standard InChI is InChI=1S/C15H16Cl2N2O/c16-13-4-1-5-14(17)15(13)20-10-9-18-8-6-12-3-2-7-19-11-12/h1-5,7,11,18H,6,8-10H2. The fourth-order valence-corrected chi connectivity index (χ4v) is 2.26. The average Bonchev–Trinajstić information content (AvgIpc) is 2.46. The summed E-state index contributed by atoms with van der Waals surface area (Å²) >= 11 is 12.0. The van der Waals surface area contributed by atoms with Crippen LogP contribution in [0.5, 0.6) is 5.75 Å². The average molecular weight is 311 g/mol. The summed E-state index contributed by atoms with van der Waals surface area (Å²) in [5, 5.41) is 4.37. The summed E-state index contributed by atoms with van der Waals surface area (Å²) in [5.41, 5.74) is 1.22. The minimum atomic E-state index is 0.524. The van der Waals surface area contributed by atoms with Gasteiger partial charge < -0.3 is 10.1 Å². The first-order valence-corrected chi connectivity index (χ1v) is 7.19. The molecule has 0 saturated heterocycles. The lowest BCUT2D eigenvalue weighted by Crippen LogP contribution is -2.23. The van der Waals surface area contributed by atoms with Crippen molar-refractivity contribution in [2.45, 2.75) is 6.42 Å². The van der Waals surface area contributed by atoms with Gasteiger partial charge in [-0.05, 0) is 36.7 Å². The highest BCUT2D eigenvalue weighted by Crippen LogP contribution is 2.32. The lowest BCUT2D eigenvalue weighted by molar-refractivity contribution is 0.315. The second-order valence-corrected chi connectivity index (χ2v) is 5.07. The van der Waals surface area contributed by atoms with Gasteiger partial charge in [0.1, 0.15) is 6.61 Å². The van der Waals surface area contributed by atoms with Crippen LogP contribution in [0, 0.1) is 0 Å². The van der Waals surface area contributed by atoms with Gasteiger partial charge in [-0.3, -0.25) is 4.98 Å². The van der Waals surface area contributed by atoms with Gasteiger partial charge in [0, 0.05) is 18.9 Å². The number of benzene rings is 1. The third kappa shape index (κ3) is 4.67. The summed E-state index contributed by atoms with van der Waals surface area (Å²) in [5.74, 6) is 0.546. The summed E-state index contributed by atoms with van der Waals surface area (Å²) in [6, 6.07) is 9.33. The van der Waals surface area contributed by atoms with Gasteiger partial charge in [-0.25, -0.2) is 0 Å². The smallest absolute Gasteiger partial charge is 0.156 e. The maximum absolute atomic E-state index is 6.01. The van der Waals surface area contributed by atoms with Crippen LogP contribution < -0.4 is 10.1 Å². The van der Waals surface area contributed by atoms with Gasteiger partial charge in [-0.1, -0.05) is 35.3 Å². The minimum absolute atomic E-state index is 0.524. The number of hydrogen-bond acceptors (Lipinski definition) is 3.